The van der Waals surface area contributed by atoms with Gasteiger partial charge in [0.2, 0.25) is 11.0 Å². The van der Waals surface area contributed by atoms with Gasteiger partial charge in [-0.25, -0.2) is 0 Å². The summed E-state index contributed by atoms with van der Waals surface area (Å²) in [6, 6.07) is 8.60. The molecule has 0 aliphatic heterocycles. The van der Waals surface area contributed by atoms with Crippen molar-refractivity contribution in [3.8, 4) is 6.07 Å². The van der Waals surface area contributed by atoms with Gasteiger partial charge in [-0.05, 0) is 38.3 Å². The van der Waals surface area contributed by atoms with E-state index in [0.717, 1.165) is 47.7 Å². The SMILES string of the molecule is Cc1ccc(Nc2nnc(SCC(=O)N(C)C3(C#N)CCCCC3)s2)c(C)c1. The fourth-order valence-electron chi connectivity index (χ4n) is 3.51. The van der Waals surface area contributed by atoms with Gasteiger partial charge >= 0.3 is 0 Å². The van der Waals surface area contributed by atoms with Gasteiger partial charge in [-0.3, -0.25) is 4.79 Å². The third kappa shape index (κ3) is 4.65. The Bertz CT molecular complexity index is 883. The number of hydrogen-bond acceptors (Lipinski definition) is 7. The minimum atomic E-state index is -0.646. The van der Waals surface area contributed by atoms with Gasteiger partial charge in [-0.15, -0.1) is 10.2 Å². The maximum absolute atomic E-state index is 12.6. The van der Waals surface area contributed by atoms with Crippen molar-refractivity contribution in [1.29, 1.82) is 5.26 Å². The van der Waals surface area contributed by atoms with Crippen LogP contribution in [0.1, 0.15) is 43.2 Å². The molecule has 1 aromatic carbocycles. The lowest BCUT2D eigenvalue weighted by atomic mass is 9.81. The number of aromatic nitrogens is 2. The van der Waals surface area contributed by atoms with E-state index >= 15 is 0 Å². The Morgan fingerprint density at radius 1 is 1.32 bits per heavy atom. The number of hydrogen-bond donors (Lipinski definition) is 1. The third-order valence-corrected chi connectivity index (χ3v) is 7.21. The second-order valence-corrected chi connectivity index (χ2v) is 9.46. The van der Waals surface area contributed by atoms with E-state index in [1.54, 1.807) is 11.9 Å². The maximum atomic E-state index is 12.6. The number of thioether (sulfide) groups is 1. The summed E-state index contributed by atoms with van der Waals surface area (Å²) in [5, 5.41) is 22.0. The van der Waals surface area contributed by atoms with Crippen LogP contribution in [0.2, 0.25) is 0 Å². The lowest BCUT2D eigenvalue weighted by Crippen LogP contribution is -2.50. The number of aryl methyl sites for hydroxylation is 2. The summed E-state index contributed by atoms with van der Waals surface area (Å²) in [6.45, 7) is 4.12. The van der Waals surface area contributed by atoms with E-state index in [9.17, 15) is 10.1 Å². The second-order valence-electron chi connectivity index (χ2n) is 7.26. The summed E-state index contributed by atoms with van der Waals surface area (Å²) in [7, 11) is 1.75. The first-order chi connectivity index (χ1) is 13.4. The van der Waals surface area contributed by atoms with Crippen molar-refractivity contribution in [3.05, 3.63) is 29.3 Å². The average molecular weight is 416 g/mol. The van der Waals surface area contributed by atoms with Crippen LogP contribution in [0.4, 0.5) is 10.8 Å². The highest BCUT2D eigenvalue weighted by molar-refractivity contribution is 8.01. The van der Waals surface area contributed by atoms with Crippen LogP contribution in [0.25, 0.3) is 0 Å². The number of benzene rings is 1. The van der Waals surface area contributed by atoms with Gasteiger partial charge in [0.05, 0.1) is 11.8 Å². The minimum Gasteiger partial charge on any atom is -0.330 e. The molecule has 1 aliphatic rings. The third-order valence-electron chi connectivity index (χ3n) is 5.25. The van der Waals surface area contributed by atoms with Crippen molar-refractivity contribution in [3.63, 3.8) is 0 Å². The molecule has 28 heavy (non-hydrogen) atoms. The lowest BCUT2D eigenvalue weighted by Gasteiger charge is -2.38. The Labute approximate surface area is 174 Å². The van der Waals surface area contributed by atoms with E-state index in [4.69, 9.17) is 0 Å². The Hall–Kier alpha value is -2.11. The zero-order valence-electron chi connectivity index (χ0n) is 16.5. The maximum Gasteiger partial charge on any atom is 0.234 e. The van der Waals surface area contributed by atoms with Gasteiger partial charge in [0.15, 0.2) is 4.34 Å². The van der Waals surface area contributed by atoms with E-state index in [1.807, 2.05) is 6.07 Å². The van der Waals surface area contributed by atoms with Gasteiger partial charge in [0, 0.05) is 12.7 Å². The van der Waals surface area contributed by atoms with Crippen LogP contribution in [-0.4, -0.2) is 39.3 Å². The van der Waals surface area contributed by atoms with Gasteiger partial charge in [-0.1, -0.05) is 60.1 Å². The molecule has 1 saturated carbocycles. The van der Waals surface area contributed by atoms with Crippen molar-refractivity contribution < 1.29 is 4.79 Å². The van der Waals surface area contributed by atoms with Crippen molar-refractivity contribution in [2.24, 2.45) is 0 Å². The molecular weight excluding hydrogens is 390 g/mol. The molecule has 0 bridgehead atoms. The first-order valence-corrected chi connectivity index (χ1v) is 11.2. The van der Waals surface area contributed by atoms with E-state index in [-0.39, 0.29) is 11.7 Å². The van der Waals surface area contributed by atoms with Crippen LogP contribution in [0.15, 0.2) is 22.5 Å². The fourth-order valence-corrected chi connectivity index (χ4v) is 5.18. The number of nitrogens with one attached hydrogen (secondary N) is 1. The predicted molar refractivity (Wildman–Crippen MR) is 114 cm³/mol. The Kier molecular flexibility index (Phi) is 6.57. The van der Waals surface area contributed by atoms with E-state index < -0.39 is 5.54 Å². The largest absolute Gasteiger partial charge is 0.330 e. The van der Waals surface area contributed by atoms with E-state index in [1.165, 1.54) is 28.7 Å². The summed E-state index contributed by atoms with van der Waals surface area (Å²) in [5.74, 6) is 0.227. The summed E-state index contributed by atoms with van der Waals surface area (Å²) < 4.78 is 0.740. The zero-order valence-corrected chi connectivity index (χ0v) is 18.1. The number of rotatable bonds is 6. The summed E-state index contributed by atoms with van der Waals surface area (Å²) in [6.07, 6.45) is 4.67. The Morgan fingerprint density at radius 2 is 2.07 bits per heavy atom. The Morgan fingerprint density at radius 3 is 2.75 bits per heavy atom. The van der Waals surface area contributed by atoms with Crippen molar-refractivity contribution >= 4 is 39.8 Å². The van der Waals surface area contributed by atoms with Gasteiger partial charge in [0.1, 0.15) is 5.54 Å². The molecule has 148 valence electrons. The molecule has 1 aromatic heterocycles. The first kappa shape index (κ1) is 20.6. The number of amides is 1. The smallest absolute Gasteiger partial charge is 0.234 e. The lowest BCUT2D eigenvalue weighted by molar-refractivity contribution is -0.131. The topological polar surface area (TPSA) is 81.9 Å². The quantitative estimate of drug-likeness (QED) is 0.690. The van der Waals surface area contributed by atoms with Crippen LogP contribution in [0.5, 0.6) is 0 Å². The first-order valence-electron chi connectivity index (χ1n) is 9.42. The highest BCUT2D eigenvalue weighted by Crippen LogP contribution is 2.34. The predicted octanol–water partition coefficient (Wildman–Crippen LogP) is 4.68. The summed E-state index contributed by atoms with van der Waals surface area (Å²) >= 11 is 2.80. The molecule has 0 spiro atoms. The Balaban J connectivity index is 1.58. The molecule has 0 unspecified atom stereocenters. The molecule has 2 aromatic rings. The zero-order chi connectivity index (χ0) is 20.1. The molecule has 0 atom stereocenters. The molecule has 8 heteroatoms. The van der Waals surface area contributed by atoms with Crippen molar-refractivity contribution in [2.45, 2.75) is 55.8 Å². The van der Waals surface area contributed by atoms with Gasteiger partial charge < -0.3 is 10.2 Å². The van der Waals surface area contributed by atoms with Gasteiger partial charge in [-0.2, -0.15) is 5.26 Å². The fraction of sp³-hybridized carbons (Fsp3) is 0.500. The normalized spacial score (nSPS) is 15.6. The standard InChI is InChI=1S/C20H25N5OS2/c1-14-7-8-16(15(2)11-14)22-18-23-24-19(28-18)27-12-17(26)25(3)20(13-21)9-5-4-6-10-20/h7-8,11H,4-6,9-10,12H2,1-3H3,(H,22,23). The van der Waals surface area contributed by atoms with Crippen LogP contribution in [0, 0.1) is 25.2 Å². The molecule has 1 amide bonds. The molecule has 0 saturated heterocycles. The minimum absolute atomic E-state index is 0.0347. The number of nitrogens with zero attached hydrogens (tertiary/aromatic N) is 4. The summed E-state index contributed by atoms with van der Waals surface area (Å²) in [5.41, 5.74) is 2.72. The molecule has 1 aliphatic carbocycles. The monoisotopic (exact) mass is 415 g/mol. The molecule has 0 radical (unpaired) electrons. The molecule has 1 fully saturated rings. The number of nitriles is 1. The molecule has 1 heterocycles. The van der Waals surface area contributed by atoms with Crippen molar-refractivity contribution in [1.82, 2.24) is 15.1 Å². The number of carbonyl (C=O) groups is 1. The highest BCUT2D eigenvalue weighted by Gasteiger charge is 2.38. The van der Waals surface area contributed by atoms with Crippen LogP contribution in [-0.2, 0) is 4.79 Å². The van der Waals surface area contributed by atoms with Crippen LogP contribution < -0.4 is 5.32 Å². The van der Waals surface area contributed by atoms with Crippen LogP contribution in [0.3, 0.4) is 0 Å². The van der Waals surface area contributed by atoms with Crippen LogP contribution >= 0.6 is 23.1 Å². The highest BCUT2D eigenvalue weighted by atomic mass is 32.2. The van der Waals surface area contributed by atoms with E-state index in [2.05, 4.69) is 47.6 Å². The average Bonchev–Trinajstić information content (AvgIpc) is 3.15. The number of anilines is 2. The van der Waals surface area contributed by atoms with Crippen molar-refractivity contribution in [2.75, 3.05) is 18.1 Å². The molecule has 6 nitrogen and oxygen atoms in total. The number of carbonyl (C=O) groups excluding carboxylic acids is 1. The molecular formula is C20H25N5OS2. The summed E-state index contributed by atoms with van der Waals surface area (Å²) in [4.78, 5) is 14.3. The second kappa shape index (κ2) is 8.93. The molecule has 3 rings (SSSR count). The van der Waals surface area contributed by atoms with E-state index in [0.29, 0.717) is 5.13 Å². The van der Waals surface area contributed by atoms with Gasteiger partial charge in [0.25, 0.3) is 0 Å². The molecule has 1 N–H and O–H groups in total.